The number of aliphatic hydroxyl groups excluding tert-OH is 1. The summed E-state index contributed by atoms with van der Waals surface area (Å²) in [5.74, 6) is -2.78. The van der Waals surface area contributed by atoms with Crippen molar-refractivity contribution in [2.45, 2.75) is 43.4 Å². The SMILES string of the molecule is CC1OCCC1(C)NS(=O)(=O)c1cc(CO)cc(F)c1F. The average Bonchev–Trinajstić information content (AvgIpc) is 2.71. The molecule has 1 aromatic rings. The molecule has 1 aliphatic rings. The van der Waals surface area contributed by atoms with Gasteiger partial charge in [0.05, 0.1) is 18.2 Å². The van der Waals surface area contributed by atoms with Crippen molar-refractivity contribution in [1.29, 1.82) is 0 Å². The molecule has 1 aliphatic heterocycles. The van der Waals surface area contributed by atoms with Crippen molar-refractivity contribution < 1.29 is 27.0 Å². The number of hydrogen-bond acceptors (Lipinski definition) is 4. The number of halogens is 2. The molecule has 0 radical (unpaired) electrons. The highest BCUT2D eigenvalue weighted by molar-refractivity contribution is 7.89. The smallest absolute Gasteiger partial charge is 0.244 e. The van der Waals surface area contributed by atoms with Crippen LogP contribution in [0.15, 0.2) is 17.0 Å². The number of hydrogen-bond donors (Lipinski definition) is 2. The Hall–Kier alpha value is -1.09. The third-order valence-electron chi connectivity index (χ3n) is 3.78. The zero-order valence-electron chi connectivity index (χ0n) is 11.7. The summed E-state index contributed by atoms with van der Waals surface area (Å²) in [6.45, 7) is 3.15. The van der Waals surface area contributed by atoms with E-state index >= 15 is 0 Å². The standard InChI is InChI=1S/C13H17F2NO4S/c1-8-13(2,3-4-20-8)16-21(18,19)11-6-9(7-17)5-10(14)12(11)15/h5-6,8,16-17H,3-4,7H2,1-2H3. The molecule has 1 fully saturated rings. The van der Waals surface area contributed by atoms with Gasteiger partial charge in [0.25, 0.3) is 0 Å². The number of benzene rings is 1. The zero-order valence-corrected chi connectivity index (χ0v) is 12.5. The highest BCUT2D eigenvalue weighted by Crippen LogP contribution is 2.28. The molecule has 2 atom stereocenters. The van der Waals surface area contributed by atoms with E-state index < -0.39 is 38.7 Å². The Balaban J connectivity index is 2.43. The van der Waals surface area contributed by atoms with Gasteiger partial charge in [0.15, 0.2) is 11.6 Å². The van der Waals surface area contributed by atoms with Gasteiger partial charge in [-0.25, -0.2) is 21.9 Å². The van der Waals surface area contributed by atoms with E-state index in [-0.39, 0.29) is 11.7 Å². The number of ether oxygens (including phenoxy) is 1. The monoisotopic (exact) mass is 321 g/mol. The van der Waals surface area contributed by atoms with Crippen LogP contribution in [0, 0.1) is 11.6 Å². The second kappa shape index (κ2) is 5.60. The fourth-order valence-electron chi connectivity index (χ4n) is 2.23. The van der Waals surface area contributed by atoms with Crippen LogP contribution in [-0.2, 0) is 21.4 Å². The van der Waals surface area contributed by atoms with E-state index in [1.165, 1.54) is 0 Å². The predicted molar refractivity (Wildman–Crippen MR) is 71.0 cm³/mol. The summed E-state index contributed by atoms with van der Waals surface area (Å²) in [4.78, 5) is -0.813. The first-order valence-corrected chi connectivity index (χ1v) is 7.92. The van der Waals surface area contributed by atoms with Crippen molar-refractivity contribution in [3.63, 3.8) is 0 Å². The maximum absolute atomic E-state index is 13.8. The van der Waals surface area contributed by atoms with E-state index in [4.69, 9.17) is 9.84 Å². The van der Waals surface area contributed by atoms with Crippen LogP contribution in [0.2, 0.25) is 0 Å². The third-order valence-corrected chi connectivity index (χ3v) is 5.39. The highest BCUT2D eigenvalue weighted by Gasteiger charge is 2.41. The van der Waals surface area contributed by atoms with E-state index in [0.29, 0.717) is 13.0 Å². The predicted octanol–water partition coefficient (Wildman–Crippen LogP) is 1.30. The summed E-state index contributed by atoms with van der Waals surface area (Å²) in [5, 5.41) is 9.00. The van der Waals surface area contributed by atoms with Gasteiger partial charge in [-0.1, -0.05) is 0 Å². The molecule has 0 saturated carbocycles. The molecule has 0 aromatic heterocycles. The Morgan fingerprint density at radius 1 is 1.48 bits per heavy atom. The van der Waals surface area contributed by atoms with Gasteiger partial charge < -0.3 is 9.84 Å². The molecule has 21 heavy (non-hydrogen) atoms. The molecule has 2 unspecified atom stereocenters. The molecule has 0 spiro atoms. The molecule has 1 saturated heterocycles. The van der Waals surface area contributed by atoms with E-state index in [1.807, 2.05) is 0 Å². The molecular weight excluding hydrogens is 304 g/mol. The minimum absolute atomic E-state index is 0.0184. The summed E-state index contributed by atoms with van der Waals surface area (Å²) in [7, 11) is -4.28. The van der Waals surface area contributed by atoms with Crippen LogP contribution < -0.4 is 4.72 Å². The average molecular weight is 321 g/mol. The Morgan fingerprint density at radius 2 is 2.14 bits per heavy atom. The van der Waals surface area contributed by atoms with Crippen LogP contribution in [0.25, 0.3) is 0 Å². The molecule has 118 valence electrons. The molecule has 0 aliphatic carbocycles. The lowest BCUT2D eigenvalue weighted by atomic mass is 9.97. The summed E-state index contributed by atoms with van der Waals surface area (Å²) in [6.07, 6.45) is 0.0400. The number of sulfonamides is 1. The Kier molecular flexibility index (Phi) is 4.34. The van der Waals surface area contributed by atoms with Crippen LogP contribution in [0.1, 0.15) is 25.8 Å². The fraction of sp³-hybridized carbons (Fsp3) is 0.538. The van der Waals surface area contributed by atoms with Crippen LogP contribution in [0.3, 0.4) is 0 Å². The van der Waals surface area contributed by atoms with E-state index in [0.717, 1.165) is 12.1 Å². The molecule has 0 amide bonds. The summed E-state index contributed by atoms with van der Waals surface area (Å²) in [5.41, 5.74) is -0.910. The van der Waals surface area contributed by atoms with Crippen molar-refractivity contribution in [1.82, 2.24) is 4.72 Å². The minimum Gasteiger partial charge on any atom is -0.392 e. The van der Waals surface area contributed by atoms with Gasteiger partial charge in [-0.15, -0.1) is 0 Å². The first-order valence-electron chi connectivity index (χ1n) is 6.44. The largest absolute Gasteiger partial charge is 0.392 e. The van der Waals surface area contributed by atoms with Crippen LogP contribution >= 0.6 is 0 Å². The van der Waals surface area contributed by atoms with Crippen molar-refractivity contribution in [3.05, 3.63) is 29.3 Å². The van der Waals surface area contributed by atoms with Crippen molar-refractivity contribution >= 4 is 10.0 Å². The first-order chi connectivity index (χ1) is 9.69. The maximum Gasteiger partial charge on any atom is 0.244 e. The molecule has 1 aromatic carbocycles. The summed E-state index contributed by atoms with van der Waals surface area (Å²) < 4.78 is 59.6. The van der Waals surface area contributed by atoms with Gasteiger partial charge in [0.1, 0.15) is 4.90 Å². The molecule has 2 N–H and O–H groups in total. The van der Waals surface area contributed by atoms with Crippen LogP contribution in [0.5, 0.6) is 0 Å². The van der Waals surface area contributed by atoms with Gasteiger partial charge in [0.2, 0.25) is 10.0 Å². The van der Waals surface area contributed by atoms with E-state index in [2.05, 4.69) is 4.72 Å². The third kappa shape index (κ3) is 3.08. The normalized spacial score (nSPS) is 26.2. The maximum atomic E-state index is 13.8. The summed E-state index contributed by atoms with van der Waals surface area (Å²) in [6, 6.07) is 1.68. The quantitative estimate of drug-likeness (QED) is 0.876. The topological polar surface area (TPSA) is 75.6 Å². The molecule has 1 heterocycles. The first kappa shape index (κ1) is 16.3. The summed E-state index contributed by atoms with van der Waals surface area (Å²) >= 11 is 0. The minimum atomic E-state index is -4.28. The zero-order chi connectivity index (χ0) is 15.8. The molecule has 0 bridgehead atoms. The van der Waals surface area contributed by atoms with Crippen molar-refractivity contribution in [3.8, 4) is 0 Å². The number of rotatable bonds is 4. The van der Waals surface area contributed by atoms with E-state index in [9.17, 15) is 17.2 Å². The molecular formula is C13H17F2NO4S. The van der Waals surface area contributed by atoms with Gasteiger partial charge in [-0.3, -0.25) is 0 Å². The Morgan fingerprint density at radius 3 is 2.67 bits per heavy atom. The number of aliphatic hydroxyl groups is 1. The lowest BCUT2D eigenvalue weighted by molar-refractivity contribution is 0.0957. The lowest BCUT2D eigenvalue weighted by Crippen LogP contribution is -2.50. The van der Waals surface area contributed by atoms with Gasteiger partial charge in [-0.05, 0) is 38.0 Å². The van der Waals surface area contributed by atoms with Crippen molar-refractivity contribution in [2.75, 3.05) is 6.61 Å². The van der Waals surface area contributed by atoms with Crippen LogP contribution in [0.4, 0.5) is 8.78 Å². The highest BCUT2D eigenvalue weighted by atomic mass is 32.2. The Bertz CT molecular complexity index is 650. The molecule has 8 heteroatoms. The number of nitrogens with one attached hydrogen (secondary N) is 1. The molecule has 5 nitrogen and oxygen atoms in total. The van der Waals surface area contributed by atoms with Crippen molar-refractivity contribution in [2.24, 2.45) is 0 Å². The Labute approximate surface area is 122 Å². The van der Waals surface area contributed by atoms with Gasteiger partial charge in [0, 0.05) is 6.61 Å². The van der Waals surface area contributed by atoms with Crippen LogP contribution in [-0.4, -0.2) is 31.8 Å². The van der Waals surface area contributed by atoms with Gasteiger partial charge in [-0.2, -0.15) is 0 Å². The second-order valence-corrected chi connectivity index (χ2v) is 6.98. The molecule has 2 rings (SSSR count). The second-order valence-electron chi connectivity index (χ2n) is 5.33. The van der Waals surface area contributed by atoms with Gasteiger partial charge >= 0.3 is 0 Å². The fourth-order valence-corrected chi connectivity index (χ4v) is 3.87. The van der Waals surface area contributed by atoms with E-state index in [1.54, 1.807) is 13.8 Å². The lowest BCUT2D eigenvalue weighted by Gasteiger charge is -2.28.